The van der Waals surface area contributed by atoms with Crippen LogP contribution in [0.2, 0.25) is 0 Å². The van der Waals surface area contributed by atoms with Gasteiger partial charge in [-0.1, -0.05) is 30.3 Å². The molecule has 0 unspecified atom stereocenters. The largest absolute Gasteiger partial charge is 0.271 e. The average molecular weight is 162 g/mol. The van der Waals surface area contributed by atoms with Gasteiger partial charge in [-0.25, -0.2) is 0 Å². The van der Waals surface area contributed by atoms with Crippen molar-refractivity contribution in [1.29, 1.82) is 0 Å². The van der Waals surface area contributed by atoms with Gasteiger partial charge < -0.3 is 0 Å². The monoisotopic (exact) mass is 162 g/mol. The molecule has 1 saturated carbocycles. The fourth-order valence-corrected chi connectivity index (χ4v) is 1.59. The molecule has 0 aromatic heterocycles. The lowest BCUT2D eigenvalue weighted by Gasteiger charge is -2.14. The molecule has 0 radical (unpaired) electrons. The second kappa shape index (κ2) is 3.25. The van der Waals surface area contributed by atoms with Crippen molar-refractivity contribution in [3.63, 3.8) is 0 Å². The van der Waals surface area contributed by atoms with Crippen molar-refractivity contribution in [3.05, 3.63) is 35.9 Å². The van der Waals surface area contributed by atoms with E-state index in [-0.39, 0.29) is 0 Å². The van der Waals surface area contributed by atoms with E-state index in [2.05, 4.69) is 29.7 Å². The maximum Gasteiger partial charge on any atom is 0.0488 e. The summed E-state index contributed by atoms with van der Waals surface area (Å²) in [5.74, 6) is 6.26. The molecule has 12 heavy (non-hydrogen) atoms. The molecule has 0 heterocycles. The van der Waals surface area contributed by atoms with Crippen LogP contribution in [-0.4, -0.2) is 0 Å². The summed E-state index contributed by atoms with van der Waals surface area (Å²) in [4.78, 5) is 0. The Balaban J connectivity index is 2.15. The zero-order chi connectivity index (χ0) is 8.39. The highest BCUT2D eigenvalue weighted by molar-refractivity contribution is 5.20. The van der Waals surface area contributed by atoms with Crippen LogP contribution in [0.3, 0.4) is 0 Å². The van der Waals surface area contributed by atoms with Gasteiger partial charge in [-0.05, 0) is 24.3 Å². The van der Waals surface area contributed by atoms with E-state index in [4.69, 9.17) is 5.84 Å². The van der Waals surface area contributed by atoms with Crippen LogP contribution in [0.1, 0.15) is 24.4 Å². The van der Waals surface area contributed by atoms with E-state index in [1.165, 1.54) is 18.4 Å². The molecular formula is C10H14N2. The second-order valence-electron chi connectivity index (χ2n) is 3.39. The van der Waals surface area contributed by atoms with E-state index < -0.39 is 0 Å². The normalized spacial score (nSPS) is 19.1. The van der Waals surface area contributed by atoms with Crippen molar-refractivity contribution in [2.24, 2.45) is 11.8 Å². The molecule has 1 atom stereocenters. The second-order valence-corrected chi connectivity index (χ2v) is 3.39. The molecule has 1 aliphatic carbocycles. The van der Waals surface area contributed by atoms with Crippen molar-refractivity contribution < 1.29 is 0 Å². The molecule has 0 saturated heterocycles. The van der Waals surface area contributed by atoms with Crippen LogP contribution in [0.15, 0.2) is 30.3 Å². The van der Waals surface area contributed by atoms with Crippen molar-refractivity contribution in [1.82, 2.24) is 5.43 Å². The summed E-state index contributed by atoms with van der Waals surface area (Å²) >= 11 is 0. The van der Waals surface area contributed by atoms with Gasteiger partial charge in [-0.2, -0.15) is 0 Å². The van der Waals surface area contributed by atoms with E-state index >= 15 is 0 Å². The Morgan fingerprint density at radius 2 is 1.92 bits per heavy atom. The third-order valence-electron chi connectivity index (χ3n) is 2.43. The lowest BCUT2D eigenvalue weighted by molar-refractivity contribution is 0.497. The Kier molecular flexibility index (Phi) is 2.11. The highest BCUT2D eigenvalue weighted by Gasteiger charge is 2.31. The first kappa shape index (κ1) is 7.77. The molecule has 0 spiro atoms. The summed E-state index contributed by atoms with van der Waals surface area (Å²) in [6.45, 7) is 0. The molecule has 0 aliphatic heterocycles. The van der Waals surface area contributed by atoms with Gasteiger partial charge in [0.25, 0.3) is 0 Å². The summed E-state index contributed by atoms with van der Waals surface area (Å²) < 4.78 is 0. The Bertz CT molecular complexity index is 241. The van der Waals surface area contributed by atoms with E-state index in [1.54, 1.807) is 0 Å². The average Bonchev–Trinajstić information content (AvgIpc) is 2.92. The number of nitrogens with one attached hydrogen (secondary N) is 1. The first-order valence-electron chi connectivity index (χ1n) is 4.43. The number of hydrazine groups is 1. The molecular weight excluding hydrogens is 148 g/mol. The number of hydrogen-bond acceptors (Lipinski definition) is 2. The van der Waals surface area contributed by atoms with Crippen LogP contribution in [-0.2, 0) is 0 Å². The van der Waals surface area contributed by atoms with Gasteiger partial charge in [0.15, 0.2) is 0 Å². The molecule has 3 N–H and O–H groups in total. The van der Waals surface area contributed by atoms with Gasteiger partial charge in [0, 0.05) is 6.04 Å². The Morgan fingerprint density at radius 3 is 2.42 bits per heavy atom. The smallest absolute Gasteiger partial charge is 0.0488 e. The zero-order valence-electron chi connectivity index (χ0n) is 7.03. The van der Waals surface area contributed by atoms with E-state index in [1.807, 2.05) is 6.07 Å². The van der Waals surface area contributed by atoms with Crippen molar-refractivity contribution in [2.45, 2.75) is 18.9 Å². The molecule has 2 rings (SSSR count). The van der Waals surface area contributed by atoms with Crippen molar-refractivity contribution in [3.8, 4) is 0 Å². The van der Waals surface area contributed by atoms with Crippen LogP contribution in [0.4, 0.5) is 0 Å². The number of hydrogen-bond donors (Lipinski definition) is 2. The Labute approximate surface area is 72.7 Å². The zero-order valence-corrected chi connectivity index (χ0v) is 7.03. The quantitative estimate of drug-likeness (QED) is 0.523. The van der Waals surface area contributed by atoms with E-state index in [9.17, 15) is 0 Å². The molecule has 2 nitrogen and oxygen atoms in total. The summed E-state index contributed by atoms with van der Waals surface area (Å²) in [5.41, 5.74) is 4.19. The van der Waals surface area contributed by atoms with Crippen molar-refractivity contribution in [2.75, 3.05) is 0 Å². The fourth-order valence-electron chi connectivity index (χ4n) is 1.59. The first-order valence-corrected chi connectivity index (χ1v) is 4.43. The van der Waals surface area contributed by atoms with Crippen LogP contribution < -0.4 is 11.3 Å². The molecule has 2 heteroatoms. The van der Waals surface area contributed by atoms with Crippen LogP contribution in [0, 0.1) is 5.92 Å². The third-order valence-corrected chi connectivity index (χ3v) is 2.43. The van der Waals surface area contributed by atoms with Gasteiger partial charge in [0.1, 0.15) is 0 Å². The number of rotatable bonds is 3. The van der Waals surface area contributed by atoms with Gasteiger partial charge in [-0.3, -0.25) is 11.3 Å². The molecule has 0 bridgehead atoms. The van der Waals surface area contributed by atoms with E-state index in [0.29, 0.717) is 6.04 Å². The van der Waals surface area contributed by atoms with Gasteiger partial charge in [-0.15, -0.1) is 0 Å². The summed E-state index contributed by atoms with van der Waals surface area (Å²) in [7, 11) is 0. The lowest BCUT2D eigenvalue weighted by Crippen LogP contribution is -2.29. The summed E-state index contributed by atoms with van der Waals surface area (Å²) in [6, 6.07) is 10.8. The molecule has 64 valence electrons. The number of nitrogens with two attached hydrogens (primary N) is 1. The third kappa shape index (κ3) is 1.49. The summed E-state index contributed by atoms with van der Waals surface area (Å²) in [5, 5.41) is 0. The summed E-state index contributed by atoms with van der Waals surface area (Å²) in [6.07, 6.45) is 2.62. The minimum absolute atomic E-state index is 0.367. The Morgan fingerprint density at radius 1 is 1.25 bits per heavy atom. The highest BCUT2D eigenvalue weighted by atomic mass is 15.2. The van der Waals surface area contributed by atoms with Crippen molar-refractivity contribution >= 4 is 0 Å². The maximum absolute atomic E-state index is 5.50. The predicted molar refractivity (Wildman–Crippen MR) is 49.2 cm³/mol. The highest BCUT2D eigenvalue weighted by Crippen LogP contribution is 2.40. The van der Waals surface area contributed by atoms with Crippen LogP contribution in [0.25, 0.3) is 0 Å². The van der Waals surface area contributed by atoms with Crippen LogP contribution >= 0.6 is 0 Å². The molecule has 1 aliphatic rings. The topological polar surface area (TPSA) is 38.0 Å². The van der Waals surface area contributed by atoms with Gasteiger partial charge >= 0.3 is 0 Å². The lowest BCUT2D eigenvalue weighted by atomic mass is 10.0. The molecule has 1 fully saturated rings. The predicted octanol–water partition coefficient (Wildman–Crippen LogP) is 1.60. The minimum atomic E-state index is 0.367. The van der Waals surface area contributed by atoms with E-state index in [0.717, 1.165) is 5.92 Å². The van der Waals surface area contributed by atoms with Crippen LogP contribution in [0.5, 0.6) is 0 Å². The Hall–Kier alpha value is -0.860. The first-order chi connectivity index (χ1) is 5.92. The standard InChI is InChI=1S/C10H14N2/c11-12-10(9-6-7-9)8-4-2-1-3-5-8/h1-5,9-10,12H,6-7,11H2/t10-/m0/s1. The molecule has 1 aromatic carbocycles. The maximum atomic E-state index is 5.50. The van der Waals surface area contributed by atoms with Gasteiger partial charge in [0.05, 0.1) is 0 Å². The number of benzene rings is 1. The fraction of sp³-hybridized carbons (Fsp3) is 0.400. The van der Waals surface area contributed by atoms with Gasteiger partial charge in [0.2, 0.25) is 0 Å². The molecule has 1 aromatic rings. The SMILES string of the molecule is NN[C@@H](c1ccccc1)C1CC1. The molecule has 0 amide bonds. The minimum Gasteiger partial charge on any atom is -0.271 e.